The van der Waals surface area contributed by atoms with Gasteiger partial charge in [0, 0.05) is 5.75 Å². The van der Waals surface area contributed by atoms with Gasteiger partial charge in [-0.1, -0.05) is 78.9 Å². The fourth-order valence-electron chi connectivity index (χ4n) is 3.58. The highest BCUT2D eigenvalue weighted by molar-refractivity contribution is 8.01. The number of carboxylic acids is 1. The van der Waals surface area contributed by atoms with Gasteiger partial charge >= 0.3 is 0 Å². The van der Waals surface area contributed by atoms with Crippen LogP contribution in [0.5, 0.6) is 0 Å². The van der Waals surface area contributed by atoms with Crippen LogP contribution in [0.3, 0.4) is 0 Å². The smallest absolute Gasteiger partial charge is 0.0922 e. The Morgan fingerprint density at radius 3 is 1.83 bits per heavy atom. The van der Waals surface area contributed by atoms with Crippen LogP contribution in [-0.4, -0.2) is 11.7 Å². The van der Waals surface area contributed by atoms with Gasteiger partial charge in [-0.25, -0.2) is 0 Å². The molecule has 3 heteroatoms. The molecule has 2 nitrogen and oxygen atoms in total. The predicted molar refractivity (Wildman–Crippen MR) is 95.7 cm³/mol. The van der Waals surface area contributed by atoms with Crippen molar-refractivity contribution < 1.29 is 9.90 Å². The standard InChI is InChI=1S/C21H16O2S/c22-20(23)14-24-21(15-8-2-1-3-9-15)18-12-6-4-10-16(18)17-11-5-7-13-19(17)21/h1-13H,14H2,(H,22,23)/p-1. The monoisotopic (exact) mass is 331 g/mol. The quantitative estimate of drug-likeness (QED) is 0.735. The van der Waals surface area contributed by atoms with Crippen LogP contribution in [0.4, 0.5) is 0 Å². The molecule has 0 amide bonds. The number of carboxylic acid groups (broad SMARTS) is 1. The van der Waals surface area contributed by atoms with Gasteiger partial charge in [0.05, 0.1) is 10.7 Å². The lowest BCUT2D eigenvalue weighted by atomic mass is 9.88. The minimum atomic E-state index is -1.04. The van der Waals surface area contributed by atoms with Gasteiger partial charge in [-0.3, -0.25) is 0 Å². The molecule has 3 aromatic carbocycles. The zero-order valence-electron chi connectivity index (χ0n) is 12.9. The maximum atomic E-state index is 11.2. The van der Waals surface area contributed by atoms with E-state index in [4.69, 9.17) is 0 Å². The van der Waals surface area contributed by atoms with Crippen molar-refractivity contribution in [2.24, 2.45) is 0 Å². The van der Waals surface area contributed by atoms with Gasteiger partial charge in [-0.05, 0) is 27.8 Å². The van der Waals surface area contributed by atoms with Gasteiger partial charge in [0.25, 0.3) is 0 Å². The molecule has 0 spiro atoms. The number of hydrogen-bond donors (Lipinski definition) is 0. The summed E-state index contributed by atoms with van der Waals surface area (Å²) in [5.41, 5.74) is 5.71. The second-order valence-electron chi connectivity index (χ2n) is 5.80. The van der Waals surface area contributed by atoms with Crippen molar-refractivity contribution in [2.45, 2.75) is 4.75 Å². The summed E-state index contributed by atoms with van der Waals surface area (Å²) in [7, 11) is 0. The molecule has 0 aromatic heterocycles. The van der Waals surface area contributed by atoms with E-state index in [0.717, 1.165) is 16.7 Å². The number of fused-ring (bicyclic) bond motifs is 3. The van der Waals surface area contributed by atoms with Crippen LogP contribution in [-0.2, 0) is 9.54 Å². The molecule has 0 unspecified atom stereocenters. The number of aliphatic carboxylic acids is 1. The number of thioether (sulfide) groups is 1. The van der Waals surface area contributed by atoms with E-state index in [2.05, 4.69) is 36.4 Å². The topological polar surface area (TPSA) is 40.1 Å². The highest BCUT2D eigenvalue weighted by Gasteiger charge is 2.44. The lowest BCUT2D eigenvalue weighted by Crippen LogP contribution is -2.30. The third kappa shape index (κ3) is 2.16. The van der Waals surface area contributed by atoms with E-state index in [1.165, 1.54) is 22.9 Å². The lowest BCUT2D eigenvalue weighted by molar-refractivity contribution is -0.301. The van der Waals surface area contributed by atoms with Crippen molar-refractivity contribution in [1.29, 1.82) is 0 Å². The predicted octanol–water partition coefficient (Wildman–Crippen LogP) is 3.44. The lowest BCUT2D eigenvalue weighted by Gasteiger charge is -2.32. The molecule has 0 atom stereocenters. The molecular weight excluding hydrogens is 316 g/mol. The summed E-state index contributed by atoms with van der Waals surface area (Å²) >= 11 is 1.42. The van der Waals surface area contributed by atoms with E-state index in [1.54, 1.807) is 0 Å². The molecule has 1 aliphatic carbocycles. The number of hydrogen-bond acceptors (Lipinski definition) is 3. The van der Waals surface area contributed by atoms with Crippen LogP contribution < -0.4 is 5.11 Å². The molecule has 24 heavy (non-hydrogen) atoms. The average Bonchev–Trinajstić information content (AvgIpc) is 2.92. The Morgan fingerprint density at radius 2 is 1.29 bits per heavy atom. The van der Waals surface area contributed by atoms with E-state index in [1.807, 2.05) is 42.5 Å². The van der Waals surface area contributed by atoms with Crippen LogP contribution in [0.25, 0.3) is 11.1 Å². The van der Waals surface area contributed by atoms with E-state index in [-0.39, 0.29) is 5.75 Å². The van der Waals surface area contributed by atoms with Gasteiger partial charge in [0.15, 0.2) is 0 Å². The van der Waals surface area contributed by atoms with Crippen molar-refractivity contribution >= 4 is 17.7 Å². The number of benzene rings is 3. The third-order valence-electron chi connectivity index (χ3n) is 4.49. The van der Waals surface area contributed by atoms with Crippen LogP contribution in [0.15, 0.2) is 78.9 Å². The van der Waals surface area contributed by atoms with Crippen LogP contribution >= 0.6 is 11.8 Å². The molecule has 4 rings (SSSR count). The first-order valence-corrected chi connectivity index (χ1v) is 8.81. The molecule has 0 fully saturated rings. The molecule has 1 aliphatic rings. The Labute approximate surface area is 145 Å². The highest BCUT2D eigenvalue weighted by atomic mass is 32.2. The Balaban J connectivity index is 2.04. The second kappa shape index (κ2) is 5.84. The number of carbonyl (C=O) groups is 1. The first-order chi connectivity index (χ1) is 11.7. The highest BCUT2D eigenvalue weighted by Crippen LogP contribution is 2.58. The maximum absolute atomic E-state index is 11.2. The normalized spacial score (nSPS) is 14.0. The number of carbonyl (C=O) groups excluding carboxylic acids is 1. The Morgan fingerprint density at radius 1 is 0.792 bits per heavy atom. The maximum Gasteiger partial charge on any atom is 0.0922 e. The minimum absolute atomic E-state index is 0.0580. The van der Waals surface area contributed by atoms with Crippen molar-refractivity contribution in [1.82, 2.24) is 0 Å². The van der Waals surface area contributed by atoms with E-state index >= 15 is 0 Å². The largest absolute Gasteiger partial charge is 0.549 e. The molecule has 3 aromatic rings. The average molecular weight is 331 g/mol. The zero-order chi connectivity index (χ0) is 16.6. The first kappa shape index (κ1) is 15.0. The van der Waals surface area contributed by atoms with Crippen molar-refractivity contribution in [3.05, 3.63) is 95.6 Å². The van der Waals surface area contributed by atoms with Gasteiger partial charge in [-0.2, -0.15) is 0 Å². The zero-order valence-corrected chi connectivity index (χ0v) is 13.8. The molecular formula is C21H15O2S-. The summed E-state index contributed by atoms with van der Waals surface area (Å²) in [6.45, 7) is 0. The van der Waals surface area contributed by atoms with Crippen LogP contribution in [0, 0.1) is 0 Å². The third-order valence-corrected chi connectivity index (χ3v) is 5.98. The molecule has 0 heterocycles. The Bertz CT molecular complexity index is 857. The Hall–Kier alpha value is -2.52. The molecule has 0 aliphatic heterocycles. The van der Waals surface area contributed by atoms with E-state index in [0.29, 0.717) is 0 Å². The molecule has 0 saturated carbocycles. The van der Waals surface area contributed by atoms with Gasteiger partial charge in [-0.15, -0.1) is 11.8 Å². The van der Waals surface area contributed by atoms with Crippen LogP contribution in [0.2, 0.25) is 0 Å². The molecule has 0 N–H and O–H groups in total. The fourth-order valence-corrected chi connectivity index (χ4v) is 4.89. The van der Waals surface area contributed by atoms with E-state index in [9.17, 15) is 9.90 Å². The SMILES string of the molecule is O=C([O-])CSC1(c2ccccc2)c2ccccc2-c2ccccc21. The van der Waals surface area contributed by atoms with Gasteiger partial charge in [0.2, 0.25) is 0 Å². The van der Waals surface area contributed by atoms with Crippen molar-refractivity contribution in [2.75, 3.05) is 5.75 Å². The van der Waals surface area contributed by atoms with Crippen LogP contribution in [0.1, 0.15) is 16.7 Å². The summed E-state index contributed by atoms with van der Waals surface area (Å²) in [5, 5.41) is 11.2. The summed E-state index contributed by atoms with van der Waals surface area (Å²) in [6, 6.07) is 26.6. The van der Waals surface area contributed by atoms with E-state index < -0.39 is 10.7 Å². The second-order valence-corrected chi connectivity index (χ2v) is 6.99. The molecule has 0 bridgehead atoms. The van der Waals surface area contributed by atoms with Gasteiger partial charge < -0.3 is 9.90 Å². The molecule has 0 radical (unpaired) electrons. The van der Waals surface area contributed by atoms with Gasteiger partial charge in [0.1, 0.15) is 0 Å². The molecule has 118 valence electrons. The Kier molecular flexibility index (Phi) is 3.66. The number of rotatable bonds is 4. The van der Waals surface area contributed by atoms with Crippen molar-refractivity contribution in [3.63, 3.8) is 0 Å². The fraction of sp³-hybridized carbons (Fsp3) is 0.0952. The minimum Gasteiger partial charge on any atom is -0.549 e. The summed E-state index contributed by atoms with van der Waals surface area (Å²) in [5.74, 6) is -1.10. The van der Waals surface area contributed by atoms with Crippen molar-refractivity contribution in [3.8, 4) is 11.1 Å². The first-order valence-electron chi connectivity index (χ1n) is 7.82. The summed E-state index contributed by atoms with van der Waals surface area (Å²) in [6.07, 6.45) is 0. The summed E-state index contributed by atoms with van der Waals surface area (Å²) < 4.78 is -0.519. The molecule has 0 saturated heterocycles. The summed E-state index contributed by atoms with van der Waals surface area (Å²) in [4.78, 5) is 11.2.